The molecule has 10 nitrogen and oxygen atoms in total. The average Bonchev–Trinajstić information content (AvgIpc) is 3.52. The van der Waals surface area contributed by atoms with E-state index in [1.54, 1.807) is 6.07 Å². The van der Waals surface area contributed by atoms with Gasteiger partial charge in [0.25, 0.3) is 5.91 Å². The first kappa shape index (κ1) is 23.2. The zero-order valence-electron chi connectivity index (χ0n) is 19.2. The highest BCUT2D eigenvalue weighted by atomic mass is 32.2. The molecule has 0 atom stereocenters. The summed E-state index contributed by atoms with van der Waals surface area (Å²) in [6, 6.07) is 14.7. The van der Waals surface area contributed by atoms with Crippen molar-refractivity contribution < 1.29 is 18.0 Å². The molecule has 2 aliphatic rings. The molecule has 0 radical (unpaired) electrons. The SMILES string of the molecule is CS(=O)(=O)NC(=O)C1CN(Cc2cccc(C(=O)Nc3ccc(-c4n[nH]c(C5CC5)n4)cc3)c2)C1. The van der Waals surface area contributed by atoms with Crippen LogP contribution in [0.4, 0.5) is 5.69 Å². The number of aromatic nitrogens is 3. The van der Waals surface area contributed by atoms with Crippen molar-refractivity contribution in [2.24, 2.45) is 5.92 Å². The van der Waals surface area contributed by atoms with Gasteiger partial charge < -0.3 is 5.32 Å². The molecule has 0 spiro atoms. The maximum atomic E-state index is 12.8. The van der Waals surface area contributed by atoms with Crippen molar-refractivity contribution in [3.8, 4) is 11.4 Å². The summed E-state index contributed by atoms with van der Waals surface area (Å²) in [5.74, 6) is 1.04. The van der Waals surface area contributed by atoms with Gasteiger partial charge in [-0.2, -0.15) is 5.10 Å². The fraction of sp³-hybridized carbons (Fsp3) is 0.333. The third-order valence-corrected chi connectivity index (χ3v) is 6.65. The van der Waals surface area contributed by atoms with Crippen LogP contribution in [-0.2, 0) is 21.4 Å². The molecule has 2 amide bonds. The second-order valence-corrected chi connectivity index (χ2v) is 10.9. The molecule has 5 rings (SSSR count). The van der Waals surface area contributed by atoms with Gasteiger partial charge in [-0.05, 0) is 54.8 Å². The first-order valence-corrected chi connectivity index (χ1v) is 13.3. The number of hydrogen-bond acceptors (Lipinski definition) is 7. The summed E-state index contributed by atoms with van der Waals surface area (Å²) >= 11 is 0. The van der Waals surface area contributed by atoms with E-state index in [-0.39, 0.29) is 11.8 Å². The van der Waals surface area contributed by atoms with Crippen LogP contribution in [0.25, 0.3) is 11.4 Å². The number of nitrogens with zero attached hydrogens (tertiary/aromatic N) is 3. The molecular formula is C24H26N6O4S. The van der Waals surface area contributed by atoms with E-state index in [9.17, 15) is 18.0 Å². The van der Waals surface area contributed by atoms with E-state index in [1.807, 2.05) is 52.1 Å². The first-order chi connectivity index (χ1) is 16.7. The molecule has 35 heavy (non-hydrogen) atoms. The van der Waals surface area contributed by atoms with Gasteiger partial charge in [0.05, 0.1) is 12.2 Å². The molecule has 11 heteroatoms. The second-order valence-electron chi connectivity index (χ2n) is 9.18. The maximum Gasteiger partial charge on any atom is 0.255 e. The topological polar surface area (TPSA) is 137 Å². The maximum absolute atomic E-state index is 12.8. The number of rotatable bonds is 8. The van der Waals surface area contributed by atoms with Crippen LogP contribution in [0.2, 0.25) is 0 Å². The van der Waals surface area contributed by atoms with Gasteiger partial charge in [-0.3, -0.25) is 24.3 Å². The van der Waals surface area contributed by atoms with Crippen LogP contribution in [0.3, 0.4) is 0 Å². The minimum atomic E-state index is -3.55. The minimum absolute atomic E-state index is 0.220. The van der Waals surface area contributed by atoms with Crippen LogP contribution in [0.5, 0.6) is 0 Å². The molecule has 1 saturated carbocycles. The van der Waals surface area contributed by atoms with E-state index in [0.29, 0.717) is 42.6 Å². The third-order valence-electron chi connectivity index (χ3n) is 6.08. The fourth-order valence-electron chi connectivity index (χ4n) is 4.05. The Bertz CT molecular complexity index is 1360. The van der Waals surface area contributed by atoms with E-state index < -0.39 is 15.9 Å². The highest BCUT2D eigenvalue weighted by molar-refractivity contribution is 7.89. The molecule has 1 saturated heterocycles. The number of aromatic amines is 1. The van der Waals surface area contributed by atoms with Crippen molar-refractivity contribution in [3.63, 3.8) is 0 Å². The summed E-state index contributed by atoms with van der Waals surface area (Å²) in [7, 11) is -3.55. The van der Waals surface area contributed by atoms with Crippen LogP contribution in [0.15, 0.2) is 48.5 Å². The molecule has 2 fully saturated rings. The minimum Gasteiger partial charge on any atom is -0.322 e. The van der Waals surface area contributed by atoms with Gasteiger partial charge in [0.1, 0.15) is 5.82 Å². The van der Waals surface area contributed by atoms with Gasteiger partial charge in [-0.25, -0.2) is 13.4 Å². The highest BCUT2D eigenvalue weighted by Crippen LogP contribution is 2.38. The quantitative estimate of drug-likeness (QED) is 0.436. The molecule has 0 unspecified atom stereocenters. The Labute approximate surface area is 203 Å². The van der Waals surface area contributed by atoms with E-state index in [0.717, 1.165) is 36.0 Å². The van der Waals surface area contributed by atoms with Gasteiger partial charge in [0.15, 0.2) is 5.82 Å². The van der Waals surface area contributed by atoms with Crippen molar-refractivity contribution in [1.82, 2.24) is 24.8 Å². The number of benzene rings is 2. The summed E-state index contributed by atoms with van der Waals surface area (Å²) in [6.07, 6.45) is 3.27. The number of carbonyl (C=O) groups is 2. The molecule has 3 aromatic rings. The Morgan fingerprint density at radius 1 is 1.11 bits per heavy atom. The highest BCUT2D eigenvalue weighted by Gasteiger charge is 2.33. The van der Waals surface area contributed by atoms with Crippen molar-refractivity contribution in [1.29, 1.82) is 0 Å². The normalized spacial score (nSPS) is 16.5. The summed E-state index contributed by atoms with van der Waals surface area (Å²) in [5.41, 5.74) is 3.02. The summed E-state index contributed by atoms with van der Waals surface area (Å²) in [5, 5.41) is 10.2. The zero-order valence-corrected chi connectivity index (χ0v) is 20.0. The van der Waals surface area contributed by atoms with Crippen molar-refractivity contribution in [2.75, 3.05) is 24.7 Å². The Balaban J connectivity index is 1.15. The summed E-state index contributed by atoms with van der Waals surface area (Å²) in [6.45, 7) is 1.51. The Kier molecular flexibility index (Phi) is 6.12. The largest absolute Gasteiger partial charge is 0.322 e. The van der Waals surface area contributed by atoms with Crippen LogP contribution >= 0.6 is 0 Å². The van der Waals surface area contributed by atoms with Crippen LogP contribution in [-0.4, -0.2) is 59.7 Å². The Morgan fingerprint density at radius 2 is 1.86 bits per heavy atom. The number of anilines is 1. The average molecular weight is 495 g/mol. The molecule has 0 bridgehead atoms. The summed E-state index contributed by atoms with van der Waals surface area (Å²) in [4.78, 5) is 31.3. The van der Waals surface area contributed by atoms with E-state index in [1.165, 1.54) is 0 Å². The first-order valence-electron chi connectivity index (χ1n) is 11.4. The van der Waals surface area contributed by atoms with Crippen molar-refractivity contribution in [2.45, 2.75) is 25.3 Å². The van der Waals surface area contributed by atoms with E-state index >= 15 is 0 Å². The molecule has 2 aromatic carbocycles. The van der Waals surface area contributed by atoms with Gasteiger partial charge in [0, 0.05) is 42.4 Å². The van der Waals surface area contributed by atoms with E-state index in [4.69, 9.17) is 0 Å². The standard InChI is InChI=1S/C24H26N6O4S/c1-35(33,34)29-24(32)19-13-30(14-19)12-15-3-2-4-18(11-15)23(31)25-20-9-7-17(8-10-20)22-26-21(27-28-22)16-5-6-16/h2-4,7-11,16,19H,5-6,12-14H2,1H3,(H,25,31)(H,29,32)(H,26,27,28). The van der Waals surface area contributed by atoms with Gasteiger partial charge >= 0.3 is 0 Å². The number of nitrogens with one attached hydrogen (secondary N) is 3. The van der Waals surface area contributed by atoms with Gasteiger partial charge in [-0.1, -0.05) is 12.1 Å². The molecule has 182 valence electrons. The van der Waals surface area contributed by atoms with Crippen molar-refractivity contribution >= 4 is 27.5 Å². The molecule has 3 N–H and O–H groups in total. The van der Waals surface area contributed by atoms with Crippen LogP contribution in [0.1, 0.15) is 40.5 Å². The Morgan fingerprint density at radius 3 is 2.54 bits per heavy atom. The predicted molar refractivity (Wildman–Crippen MR) is 130 cm³/mol. The fourth-order valence-corrected chi connectivity index (χ4v) is 4.58. The van der Waals surface area contributed by atoms with E-state index in [2.05, 4.69) is 20.5 Å². The number of hydrogen-bond donors (Lipinski definition) is 3. The van der Waals surface area contributed by atoms with Crippen LogP contribution < -0.4 is 10.0 Å². The zero-order chi connectivity index (χ0) is 24.6. The lowest BCUT2D eigenvalue weighted by atomic mass is 9.98. The number of amides is 2. The van der Waals surface area contributed by atoms with Crippen molar-refractivity contribution in [3.05, 3.63) is 65.5 Å². The molecule has 1 aliphatic heterocycles. The monoisotopic (exact) mass is 494 g/mol. The predicted octanol–water partition coefficient (Wildman–Crippen LogP) is 2.11. The number of likely N-dealkylation sites (tertiary alicyclic amines) is 1. The van der Waals surface area contributed by atoms with Gasteiger partial charge in [-0.15, -0.1) is 0 Å². The third kappa shape index (κ3) is 5.75. The smallest absolute Gasteiger partial charge is 0.255 e. The molecule has 1 aliphatic carbocycles. The summed E-state index contributed by atoms with van der Waals surface area (Å²) < 4.78 is 24.4. The van der Waals surface area contributed by atoms with Gasteiger partial charge in [0.2, 0.25) is 15.9 Å². The number of H-pyrrole nitrogens is 1. The lowest BCUT2D eigenvalue weighted by Crippen LogP contribution is -2.53. The molecule has 1 aromatic heterocycles. The lowest BCUT2D eigenvalue weighted by molar-refractivity contribution is -0.128. The number of carbonyl (C=O) groups excluding carboxylic acids is 2. The lowest BCUT2D eigenvalue weighted by Gasteiger charge is -2.38. The molecule has 2 heterocycles. The molecular weight excluding hydrogens is 468 g/mol. The van der Waals surface area contributed by atoms with Crippen LogP contribution in [0, 0.1) is 5.92 Å². The Hall–Kier alpha value is -3.57. The number of sulfonamides is 1. The second kappa shape index (κ2) is 9.23.